The number of H-pyrrole nitrogens is 1. The van der Waals surface area contributed by atoms with Crippen molar-refractivity contribution in [2.75, 3.05) is 6.54 Å². The maximum absolute atomic E-state index is 12.9. The molecule has 1 N–H and O–H groups in total. The van der Waals surface area contributed by atoms with E-state index in [-0.39, 0.29) is 11.9 Å². The molecule has 1 aromatic carbocycles. The third-order valence-corrected chi connectivity index (χ3v) is 4.62. The lowest BCUT2D eigenvalue weighted by molar-refractivity contribution is 0.0720. The number of nitrogens with zero attached hydrogens (tertiary/aromatic N) is 3. The van der Waals surface area contributed by atoms with Gasteiger partial charge in [0, 0.05) is 19.0 Å². The Hall–Kier alpha value is -2.63. The van der Waals surface area contributed by atoms with Gasteiger partial charge in [0.1, 0.15) is 11.6 Å². The lowest BCUT2D eigenvalue weighted by Gasteiger charge is -2.21. The number of carbonyl (C=O) groups is 1. The second-order valence-electron chi connectivity index (χ2n) is 7.07. The van der Waals surface area contributed by atoms with Gasteiger partial charge in [-0.2, -0.15) is 0 Å². The predicted molar refractivity (Wildman–Crippen MR) is 94.2 cm³/mol. The average Bonchev–Trinajstić information content (AvgIpc) is 3.31. The van der Waals surface area contributed by atoms with Crippen LogP contribution < -0.4 is 0 Å². The van der Waals surface area contributed by atoms with Crippen molar-refractivity contribution in [3.63, 3.8) is 0 Å². The monoisotopic (exact) mass is 338 g/mol. The largest absolute Gasteiger partial charge is 0.361 e. The SMILES string of the molecule is CC(C)Cc1cc(C(=O)N2CCC[C@H]2c2nc3ccccc3[nH]2)no1. The second kappa shape index (κ2) is 6.35. The van der Waals surface area contributed by atoms with E-state index in [9.17, 15) is 4.79 Å². The molecule has 3 heterocycles. The van der Waals surface area contributed by atoms with E-state index in [4.69, 9.17) is 4.52 Å². The van der Waals surface area contributed by atoms with Crippen LogP contribution in [0.15, 0.2) is 34.9 Å². The number of hydrogen-bond acceptors (Lipinski definition) is 4. The van der Waals surface area contributed by atoms with Gasteiger partial charge in [-0.25, -0.2) is 4.98 Å². The van der Waals surface area contributed by atoms with Crippen molar-refractivity contribution in [1.82, 2.24) is 20.0 Å². The number of para-hydroxylation sites is 2. The number of nitrogens with one attached hydrogen (secondary N) is 1. The van der Waals surface area contributed by atoms with E-state index in [1.54, 1.807) is 6.07 Å². The smallest absolute Gasteiger partial charge is 0.276 e. The van der Waals surface area contributed by atoms with Crippen LogP contribution in [0.3, 0.4) is 0 Å². The first-order valence-corrected chi connectivity index (χ1v) is 8.83. The van der Waals surface area contributed by atoms with Gasteiger partial charge < -0.3 is 14.4 Å². The summed E-state index contributed by atoms with van der Waals surface area (Å²) in [5.41, 5.74) is 2.31. The van der Waals surface area contributed by atoms with Gasteiger partial charge in [0.05, 0.1) is 17.1 Å². The summed E-state index contributed by atoms with van der Waals surface area (Å²) in [5.74, 6) is 1.99. The van der Waals surface area contributed by atoms with Gasteiger partial charge in [0.15, 0.2) is 5.69 Å². The summed E-state index contributed by atoms with van der Waals surface area (Å²) < 4.78 is 5.32. The van der Waals surface area contributed by atoms with E-state index in [2.05, 4.69) is 29.0 Å². The third-order valence-electron chi connectivity index (χ3n) is 4.62. The van der Waals surface area contributed by atoms with Gasteiger partial charge >= 0.3 is 0 Å². The highest BCUT2D eigenvalue weighted by Crippen LogP contribution is 2.32. The number of aromatic nitrogens is 3. The van der Waals surface area contributed by atoms with Crippen LogP contribution in [0.25, 0.3) is 11.0 Å². The first-order valence-electron chi connectivity index (χ1n) is 8.83. The molecule has 0 unspecified atom stereocenters. The Bertz CT molecular complexity index is 863. The Labute approximate surface area is 146 Å². The maximum Gasteiger partial charge on any atom is 0.276 e. The number of hydrogen-bond donors (Lipinski definition) is 1. The standard InChI is InChI=1S/C19H22N4O2/c1-12(2)10-13-11-16(22-25-13)19(24)23-9-5-8-17(23)18-20-14-6-3-4-7-15(14)21-18/h3-4,6-7,11-12,17H,5,8-10H2,1-2H3,(H,20,21)/t17-/m0/s1. The van der Waals surface area contributed by atoms with E-state index < -0.39 is 0 Å². The molecule has 4 rings (SSSR count). The molecule has 0 spiro atoms. The van der Waals surface area contributed by atoms with Crippen molar-refractivity contribution in [3.8, 4) is 0 Å². The highest BCUT2D eigenvalue weighted by molar-refractivity contribution is 5.92. The van der Waals surface area contributed by atoms with Gasteiger partial charge in [-0.15, -0.1) is 0 Å². The second-order valence-corrected chi connectivity index (χ2v) is 7.07. The summed E-state index contributed by atoms with van der Waals surface area (Å²) in [4.78, 5) is 22.8. The molecule has 1 amide bonds. The molecule has 130 valence electrons. The fourth-order valence-electron chi connectivity index (χ4n) is 3.48. The zero-order chi connectivity index (χ0) is 17.4. The highest BCUT2D eigenvalue weighted by atomic mass is 16.5. The summed E-state index contributed by atoms with van der Waals surface area (Å²) in [7, 11) is 0. The molecule has 0 saturated carbocycles. The maximum atomic E-state index is 12.9. The van der Waals surface area contributed by atoms with Crippen LogP contribution in [-0.4, -0.2) is 32.5 Å². The number of aromatic amines is 1. The van der Waals surface area contributed by atoms with Gasteiger partial charge in [-0.05, 0) is 30.9 Å². The number of fused-ring (bicyclic) bond motifs is 1. The van der Waals surface area contributed by atoms with Crippen molar-refractivity contribution < 1.29 is 9.32 Å². The van der Waals surface area contributed by atoms with E-state index in [0.29, 0.717) is 18.2 Å². The highest BCUT2D eigenvalue weighted by Gasteiger charge is 2.34. The Morgan fingerprint density at radius 1 is 1.40 bits per heavy atom. The lowest BCUT2D eigenvalue weighted by atomic mass is 10.1. The van der Waals surface area contributed by atoms with E-state index in [0.717, 1.165) is 41.9 Å². The molecule has 2 aromatic heterocycles. The van der Waals surface area contributed by atoms with Crippen LogP contribution in [0.1, 0.15) is 54.8 Å². The summed E-state index contributed by atoms with van der Waals surface area (Å²) in [6.07, 6.45) is 2.65. The summed E-state index contributed by atoms with van der Waals surface area (Å²) in [5, 5.41) is 3.99. The minimum atomic E-state index is -0.0817. The third kappa shape index (κ3) is 3.04. The molecule has 1 atom stereocenters. The van der Waals surface area contributed by atoms with Gasteiger partial charge in [0.25, 0.3) is 5.91 Å². The Morgan fingerprint density at radius 3 is 3.04 bits per heavy atom. The molecule has 6 nitrogen and oxygen atoms in total. The molecule has 1 saturated heterocycles. The number of carbonyl (C=O) groups excluding carboxylic acids is 1. The average molecular weight is 338 g/mol. The van der Waals surface area contributed by atoms with Gasteiger partial charge in [-0.1, -0.05) is 31.1 Å². The number of likely N-dealkylation sites (tertiary alicyclic amines) is 1. The molecule has 0 radical (unpaired) electrons. The van der Waals surface area contributed by atoms with Crippen LogP contribution in [0, 0.1) is 5.92 Å². The first-order chi connectivity index (χ1) is 12.1. The van der Waals surface area contributed by atoms with E-state index in [1.807, 2.05) is 29.2 Å². The van der Waals surface area contributed by atoms with Crippen molar-refractivity contribution >= 4 is 16.9 Å². The van der Waals surface area contributed by atoms with Gasteiger partial charge in [0.2, 0.25) is 0 Å². The minimum Gasteiger partial charge on any atom is -0.361 e. The van der Waals surface area contributed by atoms with Crippen LogP contribution in [0.5, 0.6) is 0 Å². The quantitative estimate of drug-likeness (QED) is 0.786. The molecule has 1 aliphatic rings. The molecular formula is C19H22N4O2. The molecule has 0 bridgehead atoms. The van der Waals surface area contributed by atoms with Crippen molar-refractivity contribution in [3.05, 3.63) is 47.6 Å². The molecule has 25 heavy (non-hydrogen) atoms. The zero-order valence-corrected chi connectivity index (χ0v) is 14.5. The summed E-state index contributed by atoms with van der Waals surface area (Å²) in [6, 6.07) is 9.67. The van der Waals surface area contributed by atoms with E-state index >= 15 is 0 Å². The molecular weight excluding hydrogens is 316 g/mol. The van der Waals surface area contributed by atoms with Crippen molar-refractivity contribution in [2.45, 2.75) is 39.2 Å². The first kappa shape index (κ1) is 15.9. The van der Waals surface area contributed by atoms with Crippen LogP contribution in [-0.2, 0) is 6.42 Å². The van der Waals surface area contributed by atoms with Gasteiger partial charge in [-0.3, -0.25) is 4.79 Å². The molecule has 1 fully saturated rings. The number of amides is 1. The number of imidazole rings is 1. The zero-order valence-electron chi connectivity index (χ0n) is 14.5. The lowest BCUT2D eigenvalue weighted by Crippen LogP contribution is -2.31. The summed E-state index contributed by atoms with van der Waals surface area (Å²) in [6.45, 7) is 4.94. The van der Waals surface area contributed by atoms with Crippen LogP contribution in [0.2, 0.25) is 0 Å². The Balaban J connectivity index is 1.58. The van der Waals surface area contributed by atoms with Crippen LogP contribution in [0.4, 0.5) is 0 Å². The molecule has 1 aliphatic heterocycles. The number of rotatable bonds is 4. The fraction of sp³-hybridized carbons (Fsp3) is 0.421. The fourth-order valence-corrected chi connectivity index (χ4v) is 3.48. The van der Waals surface area contributed by atoms with Crippen LogP contribution >= 0.6 is 0 Å². The Morgan fingerprint density at radius 2 is 2.24 bits per heavy atom. The summed E-state index contributed by atoms with van der Waals surface area (Å²) >= 11 is 0. The predicted octanol–water partition coefficient (Wildman–Crippen LogP) is 3.73. The normalized spacial score (nSPS) is 17.7. The molecule has 3 aromatic rings. The molecule has 6 heteroatoms. The topological polar surface area (TPSA) is 75.0 Å². The Kier molecular flexibility index (Phi) is 4.03. The van der Waals surface area contributed by atoms with Crippen molar-refractivity contribution in [1.29, 1.82) is 0 Å². The van der Waals surface area contributed by atoms with Crippen molar-refractivity contribution in [2.24, 2.45) is 5.92 Å². The minimum absolute atomic E-state index is 0.0369. The van der Waals surface area contributed by atoms with E-state index in [1.165, 1.54) is 0 Å². The number of benzene rings is 1. The molecule has 0 aliphatic carbocycles.